The van der Waals surface area contributed by atoms with E-state index in [9.17, 15) is 22.8 Å². The van der Waals surface area contributed by atoms with E-state index in [1.165, 1.54) is 18.2 Å². The van der Waals surface area contributed by atoms with Crippen LogP contribution < -0.4 is 25.2 Å². The molecule has 1 aromatic heterocycles. The average molecular weight is 688 g/mol. The number of hydrogen-bond donors (Lipinski definition) is 3. The summed E-state index contributed by atoms with van der Waals surface area (Å²) in [5, 5.41) is 3.96. The van der Waals surface area contributed by atoms with Crippen LogP contribution in [0.5, 0.6) is 11.6 Å². The van der Waals surface area contributed by atoms with Crippen LogP contribution in [0.2, 0.25) is 5.02 Å². The van der Waals surface area contributed by atoms with Gasteiger partial charge in [-0.15, -0.1) is 0 Å². The fourth-order valence-electron chi connectivity index (χ4n) is 6.75. The van der Waals surface area contributed by atoms with Crippen LogP contribution in [0.25, 0.3) is 10.8 Å². The molecule has 3 fully saturated rings. The first-order valence-electron chi connectivity index (χ1n) is 16.2. The molecule has 7 atom stereocenters. The smallest absolute Gasteiger partial charge is 0.259 e. The first-order chi connectivity index (χ1) is 22.3. The lowest BCUT2D eigenvalue weighted by atomic mass is 9.92. The average Bonchev–Trinajstić information content (AvgIpc) is 3.96. The second-order valence-corrected chi connectivity index (χ2v) is 15.9. The van der Waals surface area contributed by atoms with Gasteiger partial charge in [0.2, 0.25) is 27.7 Å². The Morgan fingerprint density at radius 3 is 2.66 bits per heavy atom. The summed E-state index contributed by atoms with van der Waals surface area (Å²) in [6.45, 7) is 4.06. The van der Waals surface area contributed by atoms with E-state index >= 15 is 0 Å². The highest BCUT2D eigenvalue weighted by Crippen LogP contribution is 2.46. The van der Waals surface area contributed by atoms with Crippen molar-refractivity contribution in [1.29, 1.82) is 0 Å². The molecular weight excluding hydrogens is 646 g/mol. The van der Waals surface area contributed by atoms with Gasteiger partial charge in [-0.3, -0.25) is 19.1 Å². The molecule has 0 radical (unpaired) electrons. The van der Waals surface area contributed by atoms with Crippen LogP contribution in [0.1, 0.15) is 58.8 Å². The molecule has 14 heteroatoms. The van der Waals surface area contributed by atoms with Crippen LogP contribution >= 0.6 is 11.6 Å². The number of hydrogen-bond acceptors (Lipinski definition) is 9. The summed E-state index contributed by atoms with van der Waals surface area (Å²) in [4.78, 5) is 47.5. The zero-order chi connectivity index (χ0) is 33.7. The standard InChI is InChI=1S/C33H42ClN5O7S/c1-18-6-4-7-19(2)28(35)31(41)39-17-21(46-30-23-8-5-9-24(34)27(23)26(45-3)16-36-30)14-25(39)29(40)37-33(15-20(33)11-10-18)32(42)38-47(43,44)22-12-13-22/h5,8-11,16,18-22,25,28H,4,6-7,12-15,17,35H2,1-3H3,(H,37,40)(H,38,42)/b11-10-/t18?,19-,20+,21-,25+,28+,33-/m1/s1. The van der Waals surface area contributed by atoms with Crippen molar-refractivity contribution in [3.63, 3.8) is 0 Å². The SMILES string of the molecule is COc1cnc(O[C@@H]2C[C@H]3C(=O)N[C@]4(C(=O)NS(=O)(=O)C5CC5)C[C@@H]4/C=C\C(C)CCC[C@@H](C)[C@H](N)C(=O)N3C2)c2cccc(Cl)c12. The van der Waals surface area contributed by atoms with Gasteiger partial charge in [-0.05, 0) is 56.1 Å². The predicted molar refractivity (Wildman–Crippen MR) is 176 cm³/mol. The summed E-state index contributed by atoms with van der Waals surface area (Å²) in [7, 11) is -2.33. The lowest BCUT2D eigenvalue weighted by Gasteiger charge is -2.30. The third-order valence-corrected chi connectivity index (χ3v) is 12.1. The number of nitrogens with one attached hydrogen (secondary N) is 2. The number of carbonyl (C=O) groups excluding carboxylic acids is 3. The minimum absolute atomic E-state index is 0.0583. The molecule has 1 aromatic carbocycles. The van der Waals surface area contributed by atoms with E-state index in [2.05, 4.69) is 21.9 Å². The number of fused-ring (bicyclic) bond motifs is 3. The molecule has 3 amide bonds. The number of amides is 3. The first-order valence-corrected chi connectivity index (χ1v) is 18.2. The van der Waals surface area contributed by atoms with Gasteiger partial charge in [-0.1, -0.05) is 50.1 Å². The number of pyridine rings is 1. The van der Waals surface area contributed by atoms with Crippen molar-refractivity contribution < 1.29 is 32.3 Å². The van der Waals surface area contributed by atoms with Gasteiger partial charge >= 0.3 is 0 Å². The van der Waals surface area contributed by atoms with Crippen LogP contribution in [0.15, 0.2) is 36.5 Å². The van der Waals surface area contributed by atoms with Crippen molar-refractivity contribution in [3.05, 3.63) is 41.6 Å². The molecule has 2 aromatic rings. The van der Waals surface area contributed by atoms with E-state index in [1.807, 2.05) is 19.1 Å². The normalized spacial score (nSPS) is 32.3. The monoisotopic (exact) mass is 687 g/mol. The van der Waals surface area contributed by atoms with Crippen molar-refractivity contribution in [3.8, 4) is 11.6 Å². The molecule has 2 aliphatic heterocycles. The van der Waals surface area contributed by atoms with Gasteiger partial charge in [-0.2, -0.15) is 0 Å². The first kappa shape index (κ1) is 33.5. The quantitative estimate of drug-likeness (QED) is 0.386. The van der Waals surface area contributed by atoms with Gasteiger partial charge < -0.3 is 25.4 Å². The van der Waals surface area contributed by atoms with Crippen molar-refractivity contribution in [1.82, 2.24) is 19.9 Å². The molecule has 254 valence electrons. The van der Waals surface area contributed by atoms with Gasteiger partial charge in [0.15, 0.2) is 0 Å². The summed E-state index contributed by atoms with van der Waals surface area (Å²) >= 11 is 6.49. The van der Waals surface area contributed by atoms with E-state index < -0.39 is 56.7 Å². The third-order valence-electron chi connectivity index (χ3n) is 9.99. The Labute approximate surface area is 279 Å². The number of nitrogens with zero attached hydrogens (tertiary/aromatic N) is 2. The number of ether oxygens (including phenoxy) is 2. The van der Waals surface area contributed by atoms with E-state index in [1.54, 1.807) is 18.2 Å². The Morgan fingerprint density at radius 2 is 1.94 bits per heavy atom. The van der Waals surface area contributed by atoms with Gasteiger partial charge in [-0.25, -0.2) is 13.4 Å². The topological polar surface area (TPSA) is 170 Å². The Kier molecular flexibility index (Phi) is 9.18. The molecular formula is C33H42ClN5O7S. The highest BCUT2D eigenvalue weighted by atomic mass is 35.5. The molecule has 4 N–H and O–H groups in total. The van der Waals surface area contributed by atoms with Crippen LogP contribution in [-0.2, 0) is 24.4 Å². The van der Waals surface area contributed by atoms with Crippen LogP contribution in [-0.4, -0.2) is 78.7 Å². The molecule has 3 heterocycles. The van der Waals surface area contributed by atoms with Crippen molar-refractivity contribution in [2.24, 2.45) is 23.5 Å². The Hall–Kier alpha value is -3.42. The number of sulfonamides is 1. The minimum atomic E-state index is -3.85. The van der Waals surface area contributed by atoms with Crippen LogP contribution in [0.3, 0.4) is 0 Å². The molecule has 0 spiro atoms. The predicted octanol–water partition coefficient (Wildman–Crippen LogP) is 3.07. The Bertz CT molecular complexity index is 1720. The summed E-state index contributed by atoms with van der Waals surface area (Å²) in [5.41, 5.74) is 5.07. The third kappa shape index (κ3) is 6.66. The molecule has 12 nitrogen and oxygen atoms in total. The number of aromatic nitrogens is 1. The second-order valence-electron chi connectivity index (χ2n) is 13.5. The molecule has 4 aliphatic rings. The molecule has 47 heavy (non-hydrogen) atoms. The van der Waals surface area contributed by atoms with Gasteiger partial charge in [0, 0.05) is 23.1 Å². The maximum absolute atomic E-state index is 14.1. The number of methoxy groups -OCH3 is 1. The van der Waals surface area contributed by atoms with Crippen LogP contribution in [0.4, 0.5) is 0 Å². The van der Waals surface area contributed by atoms with E-state index in [0.717, 1.165) is 19.3 Å². The summed E-state index contributed by atoms with van der Waals surface area (Å²) in [5.74, 6) is -1.33. The number of rotatable bonds is 6. The number of halogens is 1. The second kappa shape index (κ2) is 12.9. The van der Waals surface area contributed by atoms with Gasteiger partial charge in [0.1, 0.15) is 23.4 Å². The molecule has 1 unspecified atom stereocenters. The molecule has 0 bridgehead atoms. The molecule has 2 aliphatic carbocycles. The fraction of sp³-hybridized carbons (Fsp3) is 0.576. The summed E-state index contributed by atoms with van der Waals surface area (Å²) in [6, 6.07) is 3.43. The highest BCUT2D eigenvalue weighted by molar-refractivity contribution is 7.91. The van der Waals surface area contributed by atoms with Crippen molar-refractivity contribution in [2.45, 2.75) is 87.8 Å². The Morgan fingerprint density at radius 1 is 1.17 bits per heavy atom. The van der Waals surface area contributed by atoms with E-state index in [4.69, 9.17) is 26.8 Å². The molecule has 6 rings (SSSR count). The van der Waals surface area contributed by atoms with Crippen LogP contribution in [0, 0.1) is 17.8 Å². The number of benzene rings is 1. The fourth-order valence-corrected chi connectivity index (χ4v) is 8.38. The number of nitrogens with two attached hydrogens (primary N) is 1. The summed E-state index contributed by atoms with van der Waals surface area (Å²) < 4.78 is 39.5. The van der Waals surface area contributed by atoms with Crippen molar-refractivity contribution in [2.75, 3.05) is 13.7 Å². The largest absolute Gasteiger partial charge is 0.494 e. The molecule has 1 saturated heterocycles. The Balaban J connectivity index is 1.31. The zero-order valence-corrected chi connectivity index (χ0v) is 28.4. The maximum atomic E-state index is 14.1. The van der Waals surface area contributed by atoms with E-state index in [-0.39, 0.29) is 43.0 Å². The van der Waals surface area contributed by atoms with Gasteiger partial charge in [0.25, 0.3) is 5.91 Å². The zero-order valence-electron chi connectivity index (χ0n) is 26.8. The number of carbonyl (C=O) groups is 3. The lowest BCUT2D eigenvalue weighted by molar-refractivity contribution is -0.141. The number of allylic oxidation sites excluding steroid dienone is 1. The summed E-state index contributed by atoms with van der Waals surface area (Å²) in [6.07, 6.45) is 8.53. The highest BCUT2D eigenvalue weighted by Gasteiger charge is 2.62. The molecule has 2 saturated carbocycles. The van der Waals surface area contributed by atoms with Gasteiger partial charge in [0.05, 0.1) is 36.2 Å². The van der Waals surface area contributed by atoms with Crippen molar-refractivity contribution >= 4 is 50.1 Å². The maximum Gasteiger partial charge on any atom is 0.259 e. The minimum Gasteiger partial charge on any atom is -0.494 e. The lowest BCUT2D eigenvalue weighted by Crippen LogP contribution is -2.58. The van der Waals surface area contributed by atoms with E-state index in [0.29, 0.717) is 34.4 Å².